The van der Waals surface area contributed by atoms with E-state index in [0.717, 1.165) is 6.42 Å². The van der Waals surface area contributed by atoms with Crippen LogP contribution in [-0.2, 0) is 16.1 Å². The van der Waals surface area contributed by atoms with Crippen LogP contribution in [0.2, 0.25) is 0 Å². The number of hydrogen-bond donors (Lipinski definition) is 1. The molecule has 1 N–H and O–H groups in total. The zero-order chi connectivity index (χ0) is 21.4. The predicted molar refractivity (Wildman–Crippen MR) is 106 cm³/mol. The summed E-state index contributed by atoms with van der Waals surface area (Å²) >= 11 is 0. The molecule has 2 aromatic rings. The maximum atomic E-state index is 13.2. The van der Waals surface area contributed by atoms with E-state index < -0.39 is 17.8 Å². The van der Waals surface area contributed by atoms with E-state index in [0.29, 0.717) is 11.3 Å². The van der Waals surface area contributed by atoms with Gasteiger partial charge >= 0.3 is 0 Å². The van der Waals surface area contributed by atoms with E-state index in [9.17, 15) is 18.4 Å². The van der Waals surface area contributed by atoms with E-state index in [1.54, 1.807) is 19.1 Å². The highest BCUT2D eigenvalue weighted by Gasteiger charge is 2.27. The van der Waals surface area contributed by atoms with Crippen LogP contribution in [0.3, 0.4) is 0 Å². The minimum Gasteiger partial charge on any atom is -0.484 e. The number of nitrogens with zero attached hydrogens (tertiary/aromatic N) is 1. The number of carbonyl (C=O) groups excluding carboxylic acids is 2. The molecule has 0 bridgehead atoms. The Hall–Kier alpha value is -2.96. The van der Waals surface area contributed by atoms with Crippen molar-refractivity contribution in [3.05, 3.63) is 65.7 Å². The molecule has 2 amide bonds. The first-order valence-corrected chi connectivity index (χ1v) is 9.52. The fourth-order valence-electron chi connectivity index (χ4n) is 2.59. The highest BCUT2D eigenvalue weighted by molar-refractivity contribution is 5.88. The molecule has 2 aromatic carbocycles. The molecule has 0 saturated heterocycles. The number of nitrogens with one attached hydrogen (secondary N) is 1. The third kappa shape index (κ3) is 6.85. The zero-order valence-electron chi connectivity index (χ0n) is 16.8. The van der Waals surface area contributed by atoms with E-state index in [1.807, 2.05) is 13.8 Å². The average molecular weight is 404 g/mol. The average Bonchev–Trinajstić information content (AvgIpc) is 2.72. The smallest absolute Gasteiger partial charge is 0.261 e. The maximum absolute atomic E-state index is 13.2. The Morgan fingerprint density at radius 2 is 1.55 bits per heavy atom. The van der Waals surface area contributed by atoms with Crippen molar-refractivity contribution in [2.45, 2.75) is 45.8 Å². The van der Waals surface area contributed by atoms with Crippen molar-refractivity contribution in [2.24, 2.45) is 0 Å². The molecule has 2 atom stereocenters. The lowest BCUT2D eigenvalue weighted by Crippen LogP contribution is -2.50. The number of halogens is 2. The Morgan fingerprint density at radius 3 is 2.10 bits per heavy atom. The number of rotatable bonds is 9. The van der Waals surface area contributed by atoms with E-state index in [2.05, 4.69) is 5.32 Å². The molecule has 0 saturated carbocycles. The largest absolute Gasteiger partial charge is 0.484 e. The number of ether oxygens (including phenoxy) is 1. The third-order valence-electron chi connectivity index (χ3n) is 4.61. The summed E-state index contributed by atoms with van der Waals surface area (Å²) in [4.78, 5) is 26.8. The van der Waals surface area contributed by atoms with Gasteiger partial charge in [-0.1, -0.05) is 19.1 Å². The van der Waals surface area contributed by atoms with Gasteiger partial charge in [0.25, 0.3) is 5.91 Å². The van der Waals surface area contributed by atoms with Crippen molar-refractivity contribution in [2.75, 3.05) is 6.61 Å². The van der Waals surface area contributed by atoms with Gasteiger partial charge in [0.1, 0.15) is 23.4 Å². The first-order valence-electron chi connectivity index (χ1n) is 9.52. The number of amides is 2. The molecule has 0 aromatic heterocycles. The van der Waals surface area contributed by atoms with Gasteiger partial charge in [0.15, 0.2) is 6.61 Å². The fraction of sp³-hybridized carbons (Fsp3) is 0.364. The first-order chi connectivity index (χ1) is 13.8. The molecule has 2 rings (SSSR count). The lowest BCUT2D eigenvalue weighted by molar-refractivity contribution is -0.142. The van der Waals surface area contributed by atoms with Crippen LogP contribution in [-0.4, -0.2) is 35.4 Å². The van der Waals surface area contributed by atoms with E-state index >= 15 is 0 Å². The van der Waals surface area contributed by atoms with Gasteiger partial charge in [0.05, 0.1) is 0 Å². The Morgan fingerprint density at radius 1 is 1.00 bits per heavy atom. The van der Waals surface area contributed by atoms with E-state index in [4.69, 9.17) is 4.74 Å². The van der Waals surface area contributed by atoms with Gasteiger partial charge in [-0.15, -0.1) is 0 Å². The van der Waals surface area contributed by atoms with Crippen LogP contribution in [0.1, 0.15) is 32.8 Å². The number of benzene rings is 2. The molecular weight excluding hydrogens is 378 g/mol. The van der Waals surface area contributed by atoms with Gasteiger partial charge in [-0.2, -0.15) is 0 Å². The normalized spacial score (nSPS) is 12.7. The second kappa shape index (κ2) is 10.5. The van der Waals surface area contributed by atoms with Crippen LogP contribution >= 0.6 is 0 Å². The lowest BCUT2D eigenvalue weighted by atomic mass is 10.1. The molecular formula is C22H26F2N2O3. The van der Waals surface area contributed by atoms with Crippen LogP contribution in [0.5, 0.6) is 5.75 Å². The summed E-state index contributed by atoms with van der Waals surface area (Å²) in [6.07, 6.45) is 0.762. The Kier molecular flexibility index (Phi) is 8.12. The molecule has 0 radical (unpaired) electrons. The van der Waals surface area contributed by atoms with E-state index in [-0.39, 0.29) is 30.9 Å². The highest BCUT2D eigenvalue weighted by Crippen LogP contribution is 2.14. The third-order valence-corrected chi connectivity index (χ3v) is 4.61. The molecule has 156 valence electrons. The van der Waals surface area contributed by atoms with Gasteiger partial charge in [-0.25, -0.2) is 8.78 Å². The van der Waals surface area contributed by atoms with Crippen molar-refractivity contribution in [1.29, 1.82) is 0 Å². The summed E-state index contributed by atoms with van der Waals surface area (Å²) in [5.74, 6) is -1.13. The molecule has 7 heteroatoms. The van der Waals surface area contributed by atoms with Gasteiger partial charge in [-0.05, 0) is 62.2 Å². The monoisotopic (exact) mass is 404 g/mol. The minimum absolute atomic E-state index is 0.0248. The van der Waals surface area contributed by atoms with Crippen molar-refractivity contribution < 1.29 is 23.1 Å². The zero-order valence-corrected chi connectivity index (χ0v) is 16.8. The van der Waals surface area contributed by atoms with Crippen molar-refractivity contribution in [1.82, 2.24) is 10.2 Å². The molecule has 0 aliphatic heterocycles. The molecule has 29 heavy (non-hydrogen) atoms. The second-order valence-corrected chi connectivity index (χ2v) is 6.88. The van der Waals surface area contributed by atoms with Crippen LogP contribution in [0.15, 0.2) is 48.5 Å². The molecule has 0 heterocycles. The molecule has 0 unspecified atom stereocenters. The maximum Gasteiger partial charge on any atom is 0.261 e. The van der Waals surface area contributed by atoms with Crippen LogP contribution in [0, 0.1) is 11.6 Å². The molecule has 0 aliphatic carbocycles. The standard InChI is InChI=1S/C22H26F2N2O3/c1-4-15(2)25-22(28)16(3)26(13-17-5-7-18(23)8-6-17)21(27)14-29-20-11-9-19(24)10-12-20/h5-12,15-16H,4,13-14H2,1-3H3,(H,25,28)/t15-,16-/m0/s1. The summed E-state index contributed by atoms with van der Waals surface area (Å²) in [5.41, 5.74) is 0.685. The van der Waals surface area contributed by atoms with Crippen molar-refractivity contribution >= 4 is 11.8 Å². The summed E-state index contributed by atoms with van der Waals surface area (Å²) in [7, 11) is 0. The molecule has 0 fully saturated rings. The van der Waals surface area contributed by atoms with E-state index in [1.165, 1.54) is 41.3 Å². The van der Waals surface area contributed by atoms with Gasteiger partial charge in [0.2, 0.25) is 5.91 Å². The Labute approximate surface area is 169 Å². The predicted octanol–water partition coefficient (Wildman–Crippen LogP) is 3.68. The van der Waals surface area contributed by atoms with Gasteiger partial charge in [0, 0.05) is 12.6 Å². The highest BCUT2D eigenvalue weighted by atomic mass is 19.1. The van der Waals surface area contributed by atoms with Crippen molar-refractivity contribution in [3.8, 4) is 5.75 Å². The van der Waals surface area contributed by atoms with Crippen LogP contribution in [0.25, 0.3) is 0 Å². The summed E-state index contributed by atoms with van der Waals surface area (Å²) in [6, 6.07) is 10.3. The number of carbonyl (C=O) groups is 2. The van der Waals surface area contributed by atoms with Crippen molar-refractivity contribution in [3.63, 3.8) is 0 Å². The quantitative estimate of drug-likeness (QED) is 0.694. The van der Waals surface area contributed by atoms with Crippen LogP contribution < -0.4 is 10.1 Å². The number of hydrogen-bond acceptors (Lipinski definition) is 3. The van der Waals surface area contributed by atoms with Crippen LogP contribution in [0.4, 0.5) is 8.78 Å². The summed E-state index contributed by atoms with van der Waals surface area (Å²) in [6.45, 7) is 5.29. The Balaban J connectivity index is 2.13. The van der Waals surface area contributed by atoms with Gasteiger partial charge in [-0.3, -0.25) is 9.59 Å². The fourth-order valence-corrected chi connectivity index (χ4v) is 2.59. The lowest BCUT2D eigenvalue weighted by Gasteiger charge is -2.29. The minimum atomic E-state index is -0.752. The molecule has 5 nitrogen and oxygen atoms in total. The first kappa shape index (κ1) is 22.3. The Bertz CT molecular complexity index is 810. The summed E-state index contributed by atoms with van der Waals surface area (Å²) in [5, 5.41) is 2.86. The van der Waals surface area contributed by atoms with Gasteiger partial charge < -0.3 is 15.0 Å². The molecule has 0 aliphatic rings. The second-order valence-electron chi connectivity index (χ2n) is 6.88. The summed E-state index contributed by atoms with van der Waals surface area (Å²) < 4.78 is 31.7. The molecule has 0 spiro atoms. The SMILES string of the molecule is CC[C@H](C)NC(=O)[C@H](C)N(Cc1ccc(F)cc1)C(=O)COc1ccc(F)cc1. The topological polar surface area (TPSA) is 58.6 Å².